The molecule has 0 fully saturated rings. The summed E-state index contributed by atoms with van der Waals surface area (Å²) >= 11 is 0. The molecule has 0 spiro atoms. The summed E-state index contributed by atoms with van der Waals surface area (Å²) in [5.74, 6) is -0.719. The van der Waals surface area contributed by atoms with Gasteiger partial charge in [-0.25, -0.2) is 0 Å². The first-order chi connectivity index (χ1) is 25.0. The molecule has 2 amide bonds. The van der Waals surface area contributed by atoms with Gasteiger partial charge in [-0.2, -0.15) is 0 Å². The summed E-state index contributed by atoms with van der Waals surface area (Å²) in [6, 6.07) is 29.0. The quantitative estimate of drug-likeness (QED) is 0.0752. The molecule has 10 nitrogen and oxygen atoms in total. The normalized spacial score (nSPS) is 17.5. The predicted molar refractivity (Wildman–Crippen MR) is 196 cm³/mol. The molecule has 0 unspecified atom stereocenters. The number of nitrogens with one attached hydrogen (secondary N) is 2. The Balaban J connectivity index is 1.19. The molecule has 3 atom stereocenters. The highest BCUT2D eigenvalue weighted by atomic mass is 16.7. The summed E-state index contributed by atoms with van der Waals surface area (Å²) < 4.78 is 23.7. The number of hydrogen-bond donors (Lipinski definition) is 4. The van der Waals surface area contributed by atoms with Crippen LogP contribution in [-0.2, 0) is 36.7 Å². The first-order valence-corrected chi connectivity index (χ1v) is 17.5. The van der Waals surface area contributed by atoms with Crippen molar-refractivity contribution >= 4 is 23.2 Å². The first-order valence-electron chi connectivity index (χ1n) is 17.5. The summed E-state index contributed by atoms with van der Waals surface area (Å²) in [6.07, 6.45) is 2.71. The largest absolute Gasteiger partial charge is 0.459 e. The minimum atomic E-state index is -0.670. The number of hydrogen-bond acceptors (Lipinski definition) is 8. The molecule has 1 aliphatic carbocycles. The number of carbonyl (C=O) groups is 2. The van der Waals surface area contributed by atoms with Gasteiger partial charge in [-0.1, -0.05) is 66.7 Å². The fraction of sp³-hybridized carbons (Fsp3) is 0.317. The molecule has 1 heterocycles. The van der Waals surface area contributed by atoms with Gasteiger partial charge in [-0.3, -0.25) is 9.59 Å². The lowest BCUT2D eigenvalue weighted by Crippen LogP contribution is -2.39. The van der Waals surface area contributed by atoms with E-state index in [1.807, 2.05) is 19.1 Å². The van der Waals surface area contributed by atoms with Crippen LogP contribution in [0.15, 0.2) is 103 Å². The molecule has 266 valence electrons. The lowest BCUT2D eigenvalue weighted by Gasteiger charge is -2.37. The van der Waals surface area contributed by atoms with Crippen LogP contribution in [0.4, 0.5) is 11.4 Å². The van der Waals surface area contributed by atoms with Crippen molar-refractivity contribution in [2.75, 3.05) is 50.7 Å². The van der Waals surface area contributed by atoms with Gasteiger partial charge in [-0.05, 0) is 83.5 Å². The summed E-state index contributed by atoms with van der Waals surface area (Å²) in [5.41, 5.74) is 14.4. The van der Waals surface area contributed by atoms with Crippen molar-refractivity contribution < 1.29 is 33.6 Å². The van der Waals surface area contributed by atoms with Crippen molar-refractivity contribution in [1.29, 1.82) is 0 Å². The van der Waals surface area contributed by atoms with E-state index in [-0.39, 0.29) is 49.2 Å². The third kappa shape index (κ3) is 8.66. The third-order valence-corrected chi connectivity index (χ3v) is 9.27. The van der Waals surface area contributed by atoms with Crippen LogP contribution in [0.3, 0.4) is 0 Å². The fourth-order valence-electron chi connectivity index (χ4n) is 6.74. The topological polar surface area (TPSA) is 141 Å². The van der Waals surface area contributed by atoms with E-state index in [1.165, 1.54) is 22.3 Å². The number of benzene rings is 4. The molecule has 4 aromatic carbocycles. The number of fused-ring (bicyclic) bond motifs is 3. The Hall–Kier alpha value is -5.00. The average Bonchev–Trinajstić information content (AvgIpc) is 3.54. The second-order valence-corrected chi connectivity index (χ2v) is 12.5. The second-order valence-electron chi connectivity index (χ2n) is 12.5. The predicted octanol–water partition coefficient (Wildman–Crippen LogP) is 5.80. The van der Waals surface area contributed by atoms with E-state index in [0.29, 0.717) is 49.8 Å². The Morgan fingerprint density at radius 3 is 2.39 bits per heavy atom. The number of anilines is 2. The highest BCUT2D eigenvalue weighted by molar-refractivity contribution is 6.05. The average molecular weight is 692 g/mol. The Kier molecular flexibility index (Phi) is 12.1. The number of para-hydroxylation sites is 2. The number of nitrogen functional groups attached to an aromatic ring is 1. The molecule has 0 aromatic heterocycles. The molecule has 4 aromatic rings. The maximum Gasteiger partial charge on any atom is 0.286 e. The minimum absolute atomic E-state index is 0.0267. The monoisotopic (exact) mass is 691 g/mol. The molecule has 5 N–H and O–H groups in total. The number of ether oxygens (including phenoxy) is 4. The zero-order valence-electron chi connectivity index (χ0n) is 28.8. The molecule has 10 heteroatoms. The number of aliphatic hydroxyl groups is 1. The van der Waals surface area contributed by atoms with Gasteiger partial charge >= 0.3 is 0 Å². The lowest BCUT2D eigenvalue weighted by molar-refractivity contribution is -0.168. The smallest absolute Gasteiger partial charge is 0.286 e. The van der Waals surface area contributed by atoms with E-state index in [2.05, 4.69) is 53.1 Å². The summed E-state index contributed by atoms with van der Waals surface area (Å²) in [7, 11) is 0. The number of amides is 2. The van der Waals surface area contributed by atoms with E-state index >= 15 is 0 Å². The van der Waals surface area contributed by atoms with Crippen molar-refractivity contribution in [3.63, 3.8) is 0 Å². The first kappa shape index (κ1) is 35.8. The van der Waals surface area contributed by atoms with Crippen molar-refractivity contribution in [3.8, 4) is 11.1 Å². The summed E-state index contributed by atoms with van der Waals surface area (Å²) in [4.78, 5) is 26.5. The van der Waals surface area contributed by atoms with Crippen LogP contribution in [0, 0.1) is 5.92 Å². The van der Waals surface area contributed by atoms with Gasteiger partial charge in [0.15, 0.2) is 5.76 Å². The van der Waals surface area contributed by atoms with E-state index in [9.17, 15) is 9.59 Å². The standard InChI is InChI=1S/C41H45N3O7/c1-2-50-41-33(18-20-48-22-23-49-21-19-45)35(32-11-7-10-31-30-9-4-3-8-29(30)24-34(31)32)25-38(51-41)40(47)43-26-27-14-16-28(17-15-27)39(46)44-37-13-6-5-12-36(37)42/h3-17,25,33,35,41,45H,2,18-24,26,42H2,1H3,(H,43,47)(H,44,46)/t33-,35+,41+/m0/s1. The van der Waals surface area contributed by atoms with Crippen LogP contribution in [0.1, 0.15) is 51.9 Å². The molecule has 0 bridgehead atoms. The van der Waals surface area contributed by atoms with E-state index < -0.39 is 6.29 Å². The Morgan fingerprint density at radius 2 is 1.61 bits per heavy atom. The van der Waals surface area contributed by atoms with Crippen LogP contribution < -0.4 is 16.4 Å². The van der Waals surface area contributed by atoms with E-state index in [1.54, 1.807) is 42.5 Å². The van der Waals surface area contributed by atoms with Gasteiger partial charge in [0, 0.05) is 37.2 Å². The van der Waals surface area contributed by atoms with Gasteiger partial charge in [0.25, 0.3) is 11.8 Å². The maximum absolute atomic E-state index is 13.7. The van der Waals surface area contributed by atoms with Crippen molar-refractivity contribution in [2.24, 2.45) is 5.92 Å². The molecule has 0 saturated heterocycles. The van der Waals surface area contributed by atoms with Gasteiger partial charge in [0.2, 0.25) is 6.29 Å². The number of carbonyl (C=O) groups excluding carboxylic acids is 2. The van der Waals surface area contributed by atoms with Gasteiger partial charge in [0.05, 0.1) is 37.8 Å². The molecular formula is C41H45N3O7. The molecule has 51 heavy (non-hydrogen) atoms. The number of aliphatic hydroxyl groups excluding tert-OH is 1. The summed E-state index contributed by atoms with van der Waals surface area (Å²) in [5, 5.41) is 14.8. The number of allylic oxidation sites excluding steroid dienone is 1. The molecule has 1 aliphatic heterocycles. The fourth-order valence-corrected chi connectivity index (χ4v) is 6.74. The van der Waals surface area contributed by atoms with Crippen molar-refractivity contribution in [3.05, 3.63) is 131 Å². The van der Waals surface area contributed by atoms with Crippen LogP contribution in [0.2, 0.25) is 0 Å². The number of nitrogens with two attached hydrogens (primary N) is 1. The van der Waals surface area contributed by atoms with E-state index in [4.69, 9.17) is 29.8 Å². The zero-order valence-corrected chi connectivity index (χ0v) is 28.8. The van der Waals surface area contributed by atoms with Gasteiger partial charge in [0.1, 0.15) is 0 Å². The minimum Gasteiger partial charge on any atom is -0.459 e. The van der Waals surface area contributed by atoms with Crippen molar-refractivity contribution in [2.45, 2.75) is 38.5 Å². The van der Waals surface area contributed by atoms with Crippen molar-refractivity contribution in [1.82, 2.24) is 5.32 Å². The molecule has 0 saturated carbocycles. The molecule has 0 radical (unpaired) electrons. The third-order valence-electron chi connectivity index (χ3n) is 9.27. The molecular weight excluding hydrogens is 646 g/mol. The van der Waals surface area contributed by atoms with Crippen LogP contribution in [0.5, 0.6) is 0 Å². The lowest BCUT2D eigenvalue weighted by atomic mass is 9.78. The van der Waals surface area contributed by atoms with Gasteiger partial charge < -0.3 is 40.4 Å². The molecule has 6 rings (SSSR count). The SMILES string of the molecule is CCO[C@@H]1OC(C(=O)NCc2ccc(C(=O)Nc3ccccc3N)cc2)=C[C@H](c2cccc3c2Cc2ccccc2-3)[C@@H]1CCOCCOCCO. The van der Waals surface area contributed by atoms with Crippen LogP contribution in [0.25, 0.3) is 11.1 Å². The Morgan fingerprint density at radius 1 is 0.863 bits per heavy atom. The highest BCUT2D eigenvalue weighted by Gasteiger charge is 2.39. The van der Waals surface area contributed by atoms with Crippen LogP contribution in [-0.4, -0.2) is 62.9 Å². The second kappa shape index (κ2) is 17.3. The zero-order chi connectivity index (χ0) is 35.6. The highest BCUT2D eigenvalue weighted by Crippen LogP contribution is 2.45. The Labute approximate surface area is 298 Å². The molecule has 2 aliphatic rings. The summed E-state index contributed by atoms with van der Waals surface area (Å²) in [6.45, 7) is 4.07. The van der Waals surface area contributed by atoms with E-state index in [0.717, 1.165) is 17.5 Å². The maximum atomic E-state index is 13.7. The van der Waals surface area contributed by atoms with Gasteiger partial charge in [-0.15, -0.1) is 0 Å². The number of rotatable bonds is 16. The van der Waals surface area contributed by atoms with Crippen LogP contribution >= 0.6 is 0 Å². The Bertz CT molecular complexity index is 1840.